The fraction of sp³-hybridized carbons (Fsp3) is 0.571. The monoisotopic (exact) mass is 289 g/mol. The first-order chi connectivity index (χ1) is 8.24. The zero-order valence-corrected chi connectivity index (χ0v) is 12.0. The topological polar surface area (TPSA) is 46.2 Å². The third-order valence-electron chi connectivity index (χ3n) is 3.86. The number of nitrogens with two attached hydrogens (primary N) is 1. The molecule has 0 amide bonds. The predicted molar refractivity (Wildman–Crippen MR) is 78.5 cm³/mol. The summed E-state index contributed by atoms with van der Waals surface area (Å²) in [5.41, 5.74) is 6.98. The summed E-state index contributed by atoms with van der Waals surface area (Å²) in [6.45, 7) is 0.547. The van der Waals surface area contributed by atoms with Crippen molar-refractivity contribution in [3.63, 3.8) is 0 Å². The summed E-state index contributed by atoms with van der Waals surface area (Å²) in [6, 6.07) is 7.84. The largest absolute Gasteiger partial charge is 0.393 e. The van der Waals surface area contributed by atoms with Crippen LogP contribution >= 0.6 is 24.0 Å². The molecule has 0 unspecified atom stereocenters. The first-order valence-electron chi connectivity index (χ1n) is 6.36. The number of hydrogen-bond acceptors (Lipinski definition) is 2. The lowest BCUT2D eigenvalue weighted by molar-refractivity contribution is 0.0561. The molecule has 4 heteroatoms. The molecule has 2 rings (SSSR count). The van der Waals surface area contributed by atoms with Crippen LogP contribution in [-0.2, 0) is 0 Å². The Balaban J connectivity index is 0.00000162. The molecule has 3 N–H and O–H groups in total. The maximum absolute atomic E-state index is 10.1. The highest BCUT2D eigenvalue weighted by atomic mass is 35.5. The number of hydrogen-bond donors (Lipinski definition) is 2. The van der Waals surface area contributed by atoms with Gasteiger partial charge in [-0.3, -0.25) is 0 Å². The molecule has 0 heterocycles. The molecule has 0 aromatic heterocycles. The minimum absolute atomic E-state index is 0. The van der Waals surface area contributed by atoms with E-state index >= 15 is 0 Å². The summed E-state index contributed by atoms with van der Waals surface area (Å²) in [7, 11) is 0. The van der Waals surface area contributed by atoms with E-state index in [1.165, 1.54) is 6.42 Å². The van der Waals surface area contributed by atoms with E-state index in [9.17, 15) is 5.11 Å². The van der Waals surface area contributed by atoms with Crippen LogP contribution in [0, 0.1) is 5.92 Å². The molecule has 0 bridgehead atoms. The van der Waals surface area contributed by atoms with Crippen molar-refractivity contribution in [1.29, 1.82) is 0 Å². The third-order valence-corrected chi connectivity index (χ3v) is 4.20. The van der Waals surface area contributed by atoms with Gasteiger partial charge in [-0.1, -0.05) is 42.6 Å². The Bertz CT molecular complexity index is 373. The number of benzene rings is 1. The summed E-state index contributed by atoms with van der Waals surface area (Å²) < 4.78 is 0. The van der Waals surface area contributed by atoms with Crippen molar-refractivity contribution in [1.82, 2.24) is 0 Å². The van der Waals surface area contributed by atoms with E-state index in [0.29, 0.717) is 6.54 Å². The highest BCUT2D eigenvalue weighted by molar-refractivity contribution is 6.31. The maximum Gasteiger partial charge on any atom is 0.0574 e. The SMILES string of the molecule is Cl.NC[C@@H](c1ccccc1Cl)[C@@H]1CCCC[C@@H]1O. The molecule has 18 heavy (non-hydrogen) atoms. The molecule has 1 fully saturated rings. The van der Waals surface area contributed by atoms with Crippen LogP contribution in [0.2, 0.25) is 5.02 Å². The molecule has 1 saturated carbocycles. The van der Waals surface area contributed by atoms with Gasteiger partial charge in [0.05, 0.1) is 6.10 Å². The normalized spacial score (nSPS) is 25.3. The highest BCUT2D eigenvalue weighted by Crippen LogP contribution is 2.38. The van der Waals surface area contributed by atoms with Crippen molar-refractivity contribution < 1.29 is 5.11 Å². The molecule has 1 aromatic rings. The van der Waals surface area contributed by atoms with Crippen LogP contribution in [0.5, 0.6) is 0 Å². The Hall–Kier alpha value is -0.280. The Morgan fingerprint density at radius 1 is 1.28 bits per heavy atom. The van der Waals surface area contributed by atoms with Gasteiger partial charge in [-0.2, -0.15) is 0 Å². The van der Waals surface area contributed by atoms with E-state index < -0.39 is 0 Å². The second-order valence-electron chi connectivity index (χ2n) is 4.88. The Labute approximate surface area is 120 Å². The summed E-state index contributed by atoms with van der Waals surface area (Å²) in [6.07, 6.45) is 4.02. The Morgan fingerprint density at radius 2 is 1.94 bits per heavy atom. The summed E-state index contributed by atoms with van der Waals surface area (Å²) >= 11 is 6.23. The van der Waals surface area contributed by atoms with Crippen molar-refractivity contribution >= 4 is 24.0 Å². The van der Waals surface area contributed by atoms with Gasteiger partial charge in [0.2, 0.25) is 0 Å². The minimum Gasteiger partial charge on any atom is -0.393 e. The summed E-state index contributed by atoms with van der Waals surface area (Å²) in [5, 5.41) is 10.9. The fourth-order valence-electron chi connectivity index (χ4n) is 2.92. The van der Waals surface area contributed by atoms with Gasteiger partial charge in [-0.25, -0.2) is 0 Å². The van der Waals surface area contributed by atoms with E-state index in [-0.39, 0.29) is 30.3 Å². The van der Waals surface area contributed by atoms with Crippen LogP contribution in [0.25, 0.3) is 0 Å². The maximum atomic E-state index is 10.1. The van der Waals surface area contributed by atoms with E-state index in [1.807, 2.05) is 24.3 Å². The standard InChI is InChI=1S/C14H20ClNO.ClH/c15-13-7-3-1-5-10(13)12(9-16)11-6-2-4-8-14(11)17;/h1,3,5,7,11-12,14,17H,2,4,6,8-9,16H2;1H/t11-,12-,14-;/m0./s1. The molecule has 1 aliphatic carbocycles. The van der Waals surface area contributed by atoms with Gasteiger partial charge in [-0.15, -0.1) is 12.4 Å². The Morgan fingerprint density at radius 3 is 2.56 bits per heavy atom. The smallest absolute Gasteiger partial charge is 0.0574 e. The van der Waals surface area contributed by atoms with Crippen molar-refractivity contribution in [3.05, 3.63) is 34.9 Å². The van der Waals surface area contributed by atoms with Crippen LogP contribution in [0.1, 0.15) is 37.2 Å². The lowest BCUT2D eigenvalue weighted by Gasteiger charge is -2.34. The van der Waals surface area contributed by atoms with Crippen molar-refractivity contribution in [3.8, 4) is 0 Å². The predicted octanol–water partition coefficient (Wildman–Crippen LogP) is 3.36. The molecule has 0 spiro atoms. The van der Waals surface area contributed by atoms with Gasteiger partial charge in [0.15, 0.2) is 0 Å². The highest BCUT2D eigenvalue weighted by Gasteiger charge is 2.31. The summed E-state index contributed by atoms with van der Waals surface area (Å²) in [5.74, 6) is 0.438. The average Bonchev–Trinajstić information content (AvgIpc) is 2.34. The van der Waals surface area contributed by atoms with Gasteiger partial charge in [0, 0.05) is 10.9 Å². The lowest BCUT2D eigenvalue weighted by atomic mass is 9.75. The second-order valence-corrected chi connectivity index (χ2v) is 5.29. The average molecular weight is 290 g/mol. The first kappa shape index (κ1) is 15.8. The zero-order valence-electron chi connectivity index (χ0n) is 10.4. The molecule has 0 aliphatic heterocycles. The number of halogens is 2. The molecule has 1 aromatic carbocycles. The van der Waals surface area contributed by atoms with Gasteiger partial charge in [0.1, 0.15) is 0 Å². The van der Waals surface area contributed by atoms with Crippen molar-refractivity contribution in [2.24, 2.45) is 11.7 Å². The second kappa shape index (κ2) is 7.34. The van der Waals surface area contributed by atoms with E-state index in [0.717, 1.165) is 29.8 Å². The number of aliphatic hydroxyl groups excluding tert-OH is 1. The van der Waals surface area contributed by atoms with Crippen molar-refractivity contribution in [2.45, 2.75) is 37.7 Å². The molecule has 3 atom stereocenters. The van der Waals surface area contributed by atoms with Gasteiger partial charge < -0.3 is 10.8 Å². The van der Waals surface area contributed by atoms with Gasteiger partial charge in [0.25, 0.3) is 0 Å². The molecular weight excluding hydrogens is 269 g/mol. The molecule has 2 nitrogen and oxygen atoms in total. The molecule has 102 valence electrons. The van der Waals surface area contributed by atoms with E-state index in [1.54, 1.807) is 0 Å². The van der Waals surface area contributed by atoms with Gasteiger partial charge in [-0.05, 0) is 36.9 Å². The molecular formula is C14H21Cl2NO. The number of aliphatic hydroxyl groups is 1. The van der Waals surface area contributed by atoms with Gasteiger partial charge >= 0.3 is 0 Å². The van der Waals surface area contributed by atoms with Crippen molar-refractivity contribution in [2.75, 3.05) is 6.54 Å². The quantitative estimate of drug-likeness (QED) is 0.896. The van der Waals surface area contributed by atoms with E-state index in [4.69, 9.17) is 17.3 Å². The lowest BCUT2D eigenvalue weighted by Crippen LogP contribution is -2.33. The molecule has 0 radical (unpaired) electrons. The van der Waals surface area contributed by atoms with Crippen LogP contribution in [0.4, 0.5) is 0 Å². The molecule has 1 aliphatic rings. The third kappa shape index (κ3) is 3.39. The zero-order chi connectivity index (χ0) is 12.3. The molecule has 0 saturated heterocycles. The van der Waals surface area contributed by atoms with Crippen LogP contribution in [0.3, 0.4) is 0 Å². The van der Waals surface area contributed by atoms with Crippen LogP contribution in [-0.4, -0.2) is 17.8 Å². The Kier molecular flexibility index (Phi) is 6.44. The first-order valence-corrected chi connectivity index (χ1v) is 6.74. The van der Waals surface area contributed by atoms with Crippen LogP contribution in [0.15, 0.2) is 24.3 Å². The van der Waals surface area contributed by atoms with E-state index in [2.05, 4.69) is 0 Å². The fourth-order valence-corrected chi connectivity index (χ4v) is 3.19. The van der Waals surface area contributed by atoms with Crippen LogP contribution < -0.4 is 5.73 Å². The summed E-state index contributed by atoms with van der Waals surface area (Å²) in [4.78, 5) is 0. The number of rotatable bonds is 3. The minimum atomic E-state index is -0.228.